The van der Waals surface area contributed by atoms with E-state index < -0.39 is 0 Å². The van der Waals surface area contributed by atoms with Crippen molar-refractivity contribution in [3.8, 4) is 5.69 Å². The lowest BCUT2D eigenvalue weighted by Gasteiger charge is -2.07. The molecule has 0 amide bonds. The summed E-state index contributed by atoms with van der Waals surface area (Å²) >= 11 is 0. The number of furan rings is 1. The Labute approximate surface area is 162 Å². The largest absolute Gasteiger partial charge is 0.456 e. The molecule has 2 nitrogen and oxygen atoms in total. The molecular formula is C26H19NO. The fourth-order valence-electron chi connectivity index (χ4n) is 4.45. The van der Waals surface area contributed by atoms with Crippen LogP contribution in [0.1, 0.15) is 12.5 Å². The standard InChI is InChI=1S/C26H19NO/c1-2-17-9-8-13-20-22-15-24-21(16-25(22)28-26(17)20)19-12-6-7-14-23(19)27(24)18-10-4-3-5-11-18/h3-16H,2H2,1H3. The van der Waals surface area contributed by atoms with Gasteiger partial charge in [-0.05, 0) is 42.3 Å². The quantitative estimate of drug-likeness (QED) is 0.318. The van der Waals surface area contributed by atoms with E-state index in [1.165, 1.54) is 43.8 Å². The summed E-state index contributed by atoms with van der Waals surface area (Å²) in [7, 11) is 0. The van der Waals surface area contributed by atoms with Crippen LogP contribution >= 0.6 is 0 Å². The Bertz CT molecular complexity index is 1490. The topological polar surface area (TPSA) is 18.1 Å². The summed E-state index contributed by atoms with van der Waals surface area (Å²) in [6, 6.07) is 30.1. The van der Waals surface area contributed by atoms with Gasteiger partial charge in [0.2, 0.25) is 0 Å². The van der Waals surface area contributed by atoms with Gasteiger partial charge in [-0.1, -0.05) is 61.5 Å². The van der Waals surface area contributed by atoms with Crippen LogP contribution in [0.5, 0.6) is 0 Å². The summed E-state index contributed by atoms with van der Waals surface area (Å²) in [5, 5.41) is 4.85. The number of hydrogen-bond acceptors (Lipinski definition) is 1. The predicted molar refractivity (Wildman–Crippen MR) is 117 cm³/mol. The van der Waals surface area contributed by atoms with Gasteiger partial charge in [0.15, 0.2) is 0 Å². The minimum atomic E-state index is 0.958. The van der Waals surface area contributed by atoms with E-state index in [0.29, 0.717) is 0 Å². The molecule has 6 aromatic rings. The van der Waals surface area contributed by atoms with E-state index in [1.54, 1.807) is 0 Å². The molecule has 2 aromatic heterocycles. The molecule has 0 aliphatic rings. The van der Waals surface area contributed by atoms with Crippen molar-refractivity contribution in [1.82, 2.24) is 4.57 Å². The van der Waals surface area contributed by atoms with Crippen LogP contribution in [0.2, 0.25) is 0 Å². The third-order valence-electron chi connectivity index (χ3n) is 5.77. The summed E-state index contributed by atoms with van der Waals surface area (Å²) in [4.78, 5) is 0. The van der Waals surface area contributed by atoms with Gasteiger partial charge in [0, 0.05) is 27.2 Å². The molecule has 0 saturated carbocycles. The van der Waals surface area contributed by atoms with E-state index in [2.05, 4.69) is 96.4 Å². The number of aromatic nitrogens is 1. The van der Waals surface area contributed by atoms with E-state index in [1.807, 2.05) is 0 Å². The summed E-state index contributed by atoms with van der Waals surface area (Å²) in [6.07, 6.45) is 0.968. The smallest absolute Gasteiger partial charge is 0.138 e. The van der Waals surface area contributed by atoms with Crippen molar-refractivity contribution >= 4 is 43.7 Å². The third-order valence-corrected chi connectivity index (χ3v) is 5.77. The zero-order chi connectivity index (χ0) is 18.7. The summed E-state index contributed by atoms with van der Waals surface area (Å²) in [5.41, 5.74) is 6.84. The number of fused-ring (bicyclic) bond motifs is 6. The van der Waals surface area contributed by atoms with Crippen molar-refractivity contribution in [3.05, 3.63) is 90.5 Å². The highest BCUT2D eigenvalue weighted by Gasteiger charge is 2.16. The van der Waals surface area contributed by atoms with Gasteiger partial charge in [0.1, 0.15) is 11.2 Å². The highest BCUT2D eigenvalue weighted by atomic mass is 16.3. The predicted octanol–water partition coefficient (Wildman–Crippen LogP) is 7.25. The second-order valence-corrected chi connectivity index (χ2v) is 7.30. The van der Waals surface area contributed by atoms with Crippen LogP contribution in [-0.4, -0.2) is 4.57 Å². The van der Waals surface area contributed by atoms with Gasteiger partial charge in [-0.2, -0.15) is 0 Å². The van der Waals surface area contributed by atoms with E-state index >= 15 is 0 Å². The number of hydrogen-bond donors (Lipinski definition) is 0. The Hall–Kier alpha value is -3.52. The monoisotopic (exact) mass is 361 g/mol. The highest BCUT2D eigenvalue weighted by Crippen LogP contribution is 2.38. The third kappa shape index (κ3) is 2.03. The number of benzene rings is 4. The Morgan fingerprint density at radius 1 is 0.679 bits per heavy atom. The van der Waals surface area contributed by atoms with Crippen LogP contribution in [-0.2, 0) is 6.42 Å². The van der Waals surface area contributed by atoms with E-state index in [-0.39, 0.29) is 0 Å². The number of rotatable bonds is 2. The highest BCUT2D eigenvalue weighted by molar-refractivity contribution is 6.17. The van der Waals surface area contributed by atoms with Crippen LogP contribution in [0.3, 0.4) is 0 Å². The molecule has 0 N–H and O–H groups in total. The lowest BCUT2D eigenvalue weighted by Crippen LogP contribution is -1.92. The van der Waals surface area contributed by atoms with E-state index in [9.17, 15) is 0 Å². The molecular weight excluding hydrogens is 342 g/mol. The lowest BCUT2D eigenvalue weighted by molar-refractivity contribution is 0.664. The Morgan fingerprint density at radius 3 is 2.32 bits per heavy atom. The Morgan fingerprint density at radius 2 is 1.46 bits per heavy atom. The minimum Gasteiger partial charge on any atom is -0.456 e. The number of aryl methyl sites for hydroxylation is 1. The van der Waals surface area contributed by atoms with Gasteiger partial charge >= 0.3 is 0 Å². The molecule has 0 atom stereocenters. The SMILES string of the molecule is CCc1cccc2c1oc1cc3c4ccccc4n(-c4ccccc4)c3cc12. The number of nitrogens with zero attached hydrogens (tertiary/aromatic N) is 1. The van der Waals surface area contributed by atoms with Crippen LogP contribution in [0, 0.1) is 0 Å². The first-order valence-electron chi connectivity index (χ1n) is 9.78. The molecule has 0 spiro atoms. The maximum atomic E-state index is 6.34. The molecule has 4 aromatic carbocycles. The first-order chi connectivity index (χ1) is 13.8. The van der Waals surface area contributed by atoms with Crippen molar-refractivity contribution in [2.24, 2.45) is 0 Å². The minimum absolute atomic E-state index is 0.958. The average Bonchev–Trinajstić information content (AvgIpc) is 3.28. The van der Waals surface area contributed by atoms with Crippen molar-refractivity contribution in [3.63, 3.8) is 0 Å². The van der Waals surface area contributed by atoms with Crippen LogP contribution in [0.15, 0.2) is 89.3 Å². The molecule has 0 aliphatic carbocycles. The zero-order valence-electron chi connectivity index (χ0n) is 15.6. The molecule has 0 unspecified atom stereocenters. The van der Waals surface area contributed by atoms with Crippen LogP contribution in [0.25, 0.3) is 49.4 Å². The maximum Gasteiger partial charge on any atom is 0.138 e. The van der Waals surface area contributed by atoms with Crippen molar-refractivity contribution < 1.29 is 4.42 Å². The summed E-state index contributed by atoms with van der Waals surface area (Å²) in [5.74, 6) is 0. The molecule has 0 saturated heterocycles. The lowest BCUT2D eigenvalue weighted by atomic mass is 10.1. The molecule has 2 heterocycles. The molecule has 28 heavy (non-hydrogen) atoms. The fourth-order valence-corrected chi connectivity index (χ4v) is 4.45. The molecule has 0 fully saturated rings. The number of para-hydroxylation sites is 3. The van der Waals surface area contributed by atoms with Crippen molar-refractivity contribution in [1.29, 1.82) is 0 Å². The molecule has 134 valence electrons. The summed E-state index contributed by atoms with van der Waals surface area (Å²) < 4.78 is 8.69. The van der Waals surface area contributed by atoms with Gasteiger partial charge in [-0.15, -0.1) is 0 Å². The second kappa shape index (κ2) is 5.74. The second-order valence-electron chi connectivity index (χ2n) is 7.30. The zero-order valence-corrected chi connectivity index (χ0v) is 15.6. The first-order valence-corrected chi connectivity index (χ1v) is 9.78. The summed E-state index contributed by atoms with van der Waals surface area (Å²) in [6.45, 7) is 2.18. The Balaban J connectivity index is 1.82. The average molecular weight is 361 g/mol. The Kier molecular flexibility index (Phi) is 3.18. The molecule has 6 rings (SSSR count). The van der Waals surface area contributed by atoms with Gasteiger partial charge < -0.3 is 8.98 Å². The molecule has 2 heteroatoms. The molecule has 0 radical (unpaired) electrons. The van der Waals surface area contributed by atoms with Crippen molar-refractivity contribution in [2.45, 2.75) is 13.3 Å². The fraction of sp³-hybridized carbons (Fsp3) is 0.0769. The molecule has 0 aliphatic heterocycles. The normalized spacial score (nSPS) is 11.9. The van der Waals surface area contributed by atoms with Crippen molar-refractivity contribution in [2.75, 3.05) is 0 Å². The van der Waals surface area contributed by atoms with Gasteiger partial charge in [0.25, 0.3) is 0 Å². The van der Waals surface area contributed by atoms with Gasteiger partial charge in [0.05, 0.1) is 11.0 Å². The van der Waals surface area contributed by atoms with Gasteiger partial charge in [-0.25, -0.2) is 0 Å². The van der Waals surface area contributed by atoms with Gasteiger partial charge in [-0.3, -0.25) is 0 Å². The molecule has 0 bridgehead atoms. The maximum absolute atomic E-state index is 6.34. The first kappa shape index (κ1) is 15.5. The van der Waals surface area contributed by atoms with E-state index in [0.717, 1.165) is 17.6 Å². The van der Waals surface area contributed by atoms with Crippen LogP contribution < -0.4 is 0 Å². The van der Waals surface area contributed by atoms with Crippen LogP contribution in [0.4, 0.5) is 0 Å². The van der Waals surface area contributed by atoms with E-state index in [4.69, 9.17) is 4.42 Å².